The number of nitriles is 1. The van der Waals surface area contributed by atoms with Crippen molar-refractivity contribution in [3.63, 3.8) is 0 Å². The van der Waals surface area contributed by atoms with Crippen LogP contribution in [0.15, 0.2) is 28.7 Å². The number of aromatic amines is 1. The Kier molecular flexibility index (Phi) is 4.62. The summed E-state index contributed by atoms with van der Waals surface area (Å²) in [6.07, 6.45) is 1.73. The van der Waals surface area contributed by atoms with Crippen LogP contribution in [0.2, 0.25) is 0 Å². The van der Waals surface area contributed by atoms with E-state index in [0.717, 1.165) is 30.0 Å². The molecular weight excluding hydrogens is 312 g/mol. The number of furan rings is 1. The van der Waals surface area contributed by atoms with E-state index in [0.29, 0.717) is 17.2 Å². The molecule has 0 fully saturated rings. The molecule has 0 aliphatic rings. The highest BCUT2D eigenvalue weighted by atomic mass is 16.4. The topological polar surface area (TPSA) is 68.8 Å². The van der Waals surface area contributed by atoms with Gasteiger partial charge < -0.3 is 14.3 Å². The zero-order valence-corrected chi connectivity index (χ0v) is 15.1. The molecule has 0 spiro atoms. The number of nitrogens with zero attached hydrogens (tertiary/aromatic N) is 3. The van der Waals surface area contributed by atoms with Crippen molar-refractivity contribution in [1.82, 2.24) is 9.97 Å². The minimum absolute atomic E-state index is 0.451. The van der Waals surface area contributed by atoms with E-state index in [9.17, 15) is 5.26 Å². The van der Waals surface area contributed by atoms with E-state index >= 15 is 0 Å². The van der Waals surface area contributed by atoms with Crippen molar-refractivity contribution in [1.29, 1.82) is 5.26 Å². The quantitative estimate of drug-likeness (QED) is 0.688. The van der Waals surface area contributed by atoms with Gasteiger partial charge in [-0.05, 0) is 57.0 Å². The number of H-pyrrole nitrogens is 1. The van der Waals surface area contributed by atoms with Crippen molar-refractivity contribution >= 4 is 28.6 Å². The van der Waals surface area contributed by atoms with Crippen molar-refractivity contribution in [2.24, 2.45) is 0 Å². The van der Waals surface area contributed by atoms with Crippen LogP contribution in [0.4, 0.5) is 5.88 Å². The predicted octanol–water partition coefficient (Wildman–Crippen LogP) is 4.68. The summed E-state index contributed by atoms with van der Waals surface area (Å²) in [5, 5.41) is 9.55. The third kappa shape index (κ3) is 3.29. The summed E-state index contributed by atoms with van der Waals surface area (Å²) >= 11 is 0. The summed E-state index contributed by atoms with van der Waals surface area (Å²) in [7, 11) is 0. The zero-order chi connectivity index (χ0) is 18.0. The second-order valence-corrected chi connectivity index (χ2v) is 6.06. The third-order valence-electron chi connectivity index (χ3n) is 4.45. The number of rotatable bonds is 5. The SMILES string of the molecule is CCN(CC)c1ccc(/C=C(/C#N)c2nc3cc(C)c(C)cc3[nH]2)o1. The summed E-state index contributed by atoms with van der Waals surface area (Å²) in [6, 6.07) is 10.1. The highest BCUT2D eigenvalue weighted by Gasteiger charge is 2.11. The van der Waals surface area contributed by atoms with Gasteiger partial charge in [0.25, 0.3) is 0 Å². The molecule has 0 aliphatic carbocycles. The molecule has 0 bridgehead atoms. The molecule has 0 atom stereocenters. The monoisotopic (exact) mass is 334 g/mol. The summed E-state index contributed by atoms with van der Waals surface area (Å²) in [5.74, 6) is 2.01. The minimum atomic E-state index is 0.451. The van der Waals surface area contributed by atoms with Gasteiger partial charge in [-0.1, -0.05) is 0 Å². The lowest BCUT2D eigenvalue weighted by Crippen LogP contribution is -2.20. The number of hydrogen-bond acceptors (Lipinski definition) is 4. The molecule has 3 aromatic rings. The molecule has 0 radical (unpaired) electrons. The number of nitrogens with one attached hydrogen (secondary N) is 1. The van der Waals surface area contributed by atoms with Crippen LogP contribution in [-0.2, 0) is 0 Å². The summed E-state index contributed by atoms with van der Waals surface area (Å²) in [6.45, 7) is 10.0. The maximum atomic E-state index is 9.55. The van der Waals surface area contributed by atoms with Gasteiger partial charge in [0.1, 0.15) is 17.7 Å². The Morgan fingerprint density at radius 1 is 1.24 bits per heavy atom. The number of aryl methyl sites for hydroxylation is 2. The Morgan fingerprint density at radius 3 is 2.64 bits per heavy atom. The second-order valence-electron chi connectivity index (χ2n) is 6.06. The summed E-state index contributed by atoms with van der Waals surface area (Å²) < 4.78 is 5.85. The summed E-state index contributed by atoms with van der Waals surface area (Å²) in [5.41, 5.74) is 4.63. The van der Waals surface area contributed by atoms with Crippen LogP contribution < -0.4 is 4.90 Å². The Bertz CT molecular complexity index is 928. The van der Waals surface area contributed by atoms with E-state index in [2.05, 4.69) is 54.7 Å². The normalized spacial score (nSPS) is 11.7. The van der Waals surface area contributed by atoms with Gasteiger partial charge in [-0.2, -0.15) is 5.26 Å². The fourth-order valence-corrected chi connectivity index (χ4v) is 2.82. The first kappa shape index (κ1) is 16.8. The number of imidazole rings is 1. The standard InChI is InChI=1S/C20H22N4O/c1-5-24(6-2)19-8-7-16(25-19)11-15(12-21)20-22-17-9-13(3)14(4)10-18(17)23-20/h7-11H,5-6H2,1-4H3,(H,22,23)/b15-11-. The van der Waals surface area contributed by atoms with Crippen molar-refractivity contribution < 1.29 is 4.42 Å². The van der Waals surface area contributed by atoms with Crippen molar-refractivity contribution in [2.45, 2.75) is 27.7 Å². The molecule has 0 aliphatic heterocycles. The minimum Gasteiger partial charge on any atom is -0.441 e. The lowest BCUT2D eigenvalue weighted by Gasteiger charge is -2.16. The van der Waals surface area contributed by atoms with E-state index in [1.54, 1.807) is 6.08 Å². The van der Waals surface area contributed by atoms with Gasteiger partial charge in [-0.3, -0.25) is 0 Å². The van der Waals surface area contributed by atoms with Crippen LogP contribution in [-0.4, -0.2) is 23.1 Å². The maximum absolute atomic E-state index is 9.55. The smallest absolute Gasteiger partial charge is 0.196 e. The maximum Gasteiger partial charge on any atom is 0.196 e. The first-order chi connectivity index (χ1) is 12.0. The predicted molar refractivity (Wildman–Crippen MR) is 101 cm³/mol. The molecule has 128 valence electrons. The van der Waals surface area contributed by atoms with Gasteiger partial charge >= 0.3 is 0 Å². The molecule has 0 amide bonds. The van der Waals surface area contributed by atoms with Crippen LogP contribution in [0.5, 0.6) is 0 Å². The fraction of sp³-hybridized carbons (Fsp3) is 0.300. The number of aromatic nitrogens is 2. The number of anilines is 1. The Labute approximate surface area is 147 Å². The fourth-order valence-electron chi connectivity index (χ4n) is 2.82. The van der Waals surface area contributed by atoms with Gasteiger partial charge in [0.05, 0.1) is 16.6 Å². The lowest BCUT2D eigenvalue weighted by atomic mass is 10.1. The van der Waals surface area contributed by atoms with E-state index < -0.39 is 0 Å². The van der Waals surface area contributed by atoms with Crippen LogP contribution in [0, 0.1) is 25.2 Å². The van der Waals surface area contributed by atoms with Gasteiger partial charge in [0.15, 0.2) is 5.88 Å². The Hall–Kier alpha value is -3.00. The summed E-state index contributed by atoms with van der Waals surface area (Å²) in [4.78, 5) is 9.91. The first-order valence-corrected chi connectivity index (χ1v) is 8.49. The van der Waals surface area contributed by atoms with E-state index in [1.165, 1.54) is 11.1 Å². The Balaban J connectivity index is 1.97. The van der Waals surface area contributed by atoms with Gasteiger partial charge in [-0.15, -0.1) is 0 Å². The Morgan fingerprint density at radius 2 is 1.96 bits per heavy atom. The molecule has 5 nitrogen and oxygen atoms in total. The van der Waals surface area contributed by atoms with Crippen LogP contribution >= 0.6 is 0 Å². The van der Waals surface area contributed by atoms with Gasteiger partial charge in [0.2, 0.25) is 0 Å². The molecule has 25 heavy (non-hydrogen) atoms. The van der Waals surface area contributed by atoms with Crippen LogP contribution in [0.3, 0.4) is 0 Å². The van der Waals surface area contributed by atoms with Crippen molar-refractivity contribution in [3.05, 3.63) is 47.0 Å². The highest BCUT2D eigenvalue weighted by molar-refractivity contribution is 5.90. The van der Waals surface area contributed by atoms with E-state index in [1.807, 2.05) is 18.2 Å². The van der Waals surface area contributed by atoms with E-state index in [-0.39, 0.29) is 0 Å². The molecule has 2 heterocycles. The molecule has 0 unspecified atom stereocenters. The molecule has 5 heteroatoms. The highest BCUT2D eigenvalue weighted by Crippen LogP contribution is 2.24. The third-order valence-corrected chi connectivity index (χ3v) is 4.45. The molecule has 1 N–H and O–H groups in total. The van der Waals surface area contributed by atoms with Crippen LogP contribution in [0.25, 0.3) is 22.7 Å². The molecule has 0 saturated heterocycles. The number of benzene rings is 1. The van der Waals surface area contributed by atoms with Crippen molar-refractivity contribution in [3.8, 4) is 6.07 Å². The number of fused-ring (bicyclic) bond motifs is 1. The zero-order valence-electron chi connectivity index (χ0n) is 15.1. The van der Waals surface area contributed by atoms with Crippen LogP contribution in [0.1, 0.15) is 36.6 Å². The molecule has 1 aromatic carbocycles. The number of allylic oxidation sites excluding steroid dienone is 1. The molecule has 3 rings (SSSR count). The second kappa shape index (κ2) is 6.86. The average Bonchev–Trinajstić information content (AvgIpc) is 3.21. The van der Waals surface area contributed by atoms with Gasteiger partial charge in [-0.25, -0.2) is 4.98 Å². The van der Waals surface area contributed by atoms with E-state index in [4.69, 9.17) is 4.42 Å². The van der Waals surface area contributed by atoms with Crippen molar-refractivity contribution in [2.75, 3.05) is 18.0 Å². The molecule has 0 saturated carbocycles. The molecular formula is C20H22N4O. The number of hydrogen-bond donors (Lipinski definition) is 1. The largest absolute Gasteiger partial charge is 0.441 e. The van der Waals surface area contributed by atoms with Gasteiger partial charge in [0, 0.05) is 25.2 Å². The average molecular weight is 334 g/mol. The first-order valence-electron chi connectivity index (χ1n) is 8.49. The molecule has 2 aromatic heterocycles. The lowest BCUT2D eigenvalue weighted by molar-refractivity contribution is 0.541.